The summed E-state index contributed by atoms with van der Waals surface area (Å²) in [5.41, 5.74) is 1.73. The van der Waals surface area contributed by atoms with Gasteiger partial charge in [0.25, 0.3) is 0 Å². The van der Waals surface area contributed by atoms with Gasteiger partial charge in [0.15, 0.2) is 10.9 Å². The topological polar surface area (TPSA) is 41.9 Å². The zero-order valence-corrected chi connectivity index (χ0v) is 15.9. The summed E-state index contributed by atoms with van der Waals surface area (Å²) < 4.78 is 1.75. The van der Waals surface area contributed by atoms with Crippen LogP contribution in [0, 0.1) is 0 Å². The molecule has 8 heteroatoms. The molecule has 0 saturated carbocycles. The number of benzene rings is 2. The lowest BCUT2D eigenvalue weighted by Crippen LogP contribution is -2.20. The van der Waals surface area contributed by atoms with Crippen LogP contribution in [0.25, 0.3) is 0 Å². The number of nitrogens with one attached hydrogen (secondary N) is 2. The van der Waals surface area contributed by atoms with E-state index in [4.69, 9.17) is 47.0 Å². The first-order valence-electron chi connectivity index (χ1n) is 7.31. The standard InChI is InChI=1S/C17H13Cl3N4S/c18-12-6-7-13(19)15(8-12)21-17(25)22-16-14(20)10-24(23-16)9-11-4-2-1-3-5-11/h1-8,10H,9H2,(H2,21,22,23,25). The molecule has 0 amide bonds. The molecule has 0 unspecified atom stereocenters. The van der Waals surface area contributed by atoms with Crippen LogP contribution in [0.3, 0.4) is 0 Å². The summed E-state index contributed by atoms with van der Waals surface area (Å²) in [5, 5.41) is 12.2. The van der Waals surface area contributed by atoms with E-state index in [0.29, 0.717) is 38.2 Å². The average molecular weight is 412 g/mol. The SMILES string of the molecule is S=C(Nc1cc(Cl)ccc1Cl)Nc1nn(Cc2ccccc2)cc1Cl. The minimum atomic E-state index is 0.316. The molecule has 25 heavy (non-hydrogen) atoms. The Kier molecular flexibility index (Phi) is 5.81. The van der Waals surface area contributed by atoms with Crippen molar-refractivity contribution in [1.82, 2.24) is 9.78 Å². The van der Waals surface area contributed by atoms with Gasteiger partial charge in [0.2, 0.25) is 0 Å². The van der Waals surface area contributed by atoms with E-state index < -0.39 is 0 Å². The highest BCUT2D eigenvalue weighted by Gasteiger charge is 2.10. The maximum Gasteiger partial charge on any atom is 0.176 e. The molecule has 0 bridgehead atoms. The Hall–Kier alpha value is -1.79. The molecule has 0 spiro atoms. The summed E-state index contributed by atoms with van der Waals surface area (Å²) in [6.07, 6.45) is 1.74. The Balaban J connectivity index is 1.68. The van der Waals surface area contributed by atoms with Crippen molar-refractivity contribution in [3.8, 4) is 0 Å². The molecule has 2 N–H and O–H groups in total. The summed E-state index contributed by atoms with van der Waals surface area (Å²) in [7, 11) is 0. The number of rotatable bonds is 4. The largest absolute Gasteiger partial charge is 0.331 e. The van der Waals surface area contributed by atoms with E-state index in [1.54, 1.807) is 29.1 Å². The van der Waals surface area contributed by atoms with E-state index in [1.165, 1.54) is 0 Å². The molecule has 0 fully saturated rings. The Morgan fingerprint density at radius 1 is 1.00 bits per heavy atom. The van der Waals surface area contributed by atoms with E-state index in [1.807, 2.05) is 30.3 Å². The molecule has 4 nitrogen and oxygen atoms in total. The van der Waals surface area contributed by atoms with Gasteiger partial charge in [-0.3, -0.25) is 4.68 Å². The molecular formula is C17H13Cl3N4S. The lowest BCUT2D eigenvalue weighted by molar-refractivity contribution is 0.690. The minimum Gasteiger partial charge on any atom is -0.331 e. The second kappa shape index (κ2) is 8.06. The molecule has 0 aliphatic carbocycles. The normalized spacial score (nSPS) is 10.5. The molecule has 2 aromatic carbocycles. The highest BCUT2D eigenvalue weighted by molar-refractivity contribution is 7.80. The third kappa shape index (κ3) is 4.86. The molecule has 0 aliphatic heterocycles. The molecule has 3 rings (SSSR count). The van der Waals surface area contributed by atoms with Crippen molar-refractivity contribution >= 4 is 63.6 Å². The van der Waals surface area contributed by atoms with Crippen molar-refractivity contribution < 1.29 is 0 Å². The van der Waals surface area contributed by atoms with Crippen LogP contribution in [0.2, 0.25) is 15.1 Å². The van der Waals surface area contributed by atoms with Gasteiger partial charge in [0.1, 0.15) is 5.02 Å². The maximum atomic E-state index is 6.23. The lowest BCUT2D eigenvalue weighted by Gasteiger charge is -2.10. The van der Waals surface area contributed by atoms with Crippen LogP contribution in [0.15, 0.2) is 54.7 Å². The average Bonchev–Trinajstić information content (AvgIpc) is 2.91. The number of hydrogen-bond acceptors (Lipinski definition) is 2. The van der Waals surface area contributed by atoms with Crippen LogP contribution in [0.4, 0.5) is 11.5 Å². The van der Waals surface area contributed by atoms with Crippen LogP contribution in [-0.2, 0) is 6.54 Å². The summed E-state index contributed by atoms with van der Waals surface area (Å²) in [5.74, 6) is 0.466. The molecular weight excluding hydrogens is 399 g/mol. The predicted octanol–water partition coefficient (Wildman–Crippen LogP) is 5.70. The summed E-state index contributed by atoms with van der Waals surface area (Å²) >= 11 is 23.6. The second-order valence-corrected chi connectivity index (χ2v) is 6.87. The molecule has 0 radical (unpaired) electrons. The number of hydrogen-bond donors (Lipinski definition) is 2. The number of aromatic nitrogens is 2. The third-order valence-corrected chi connectivity index (χ3v) is 4.36. The van der Waals surface area contributed by atoms with Gasteiger partial charge in [-0.25, -0.2) is 0 Å². The first kappa shape index (κ1) is 18.0. The van der Waals surface area contributed by atoms with Crippen molar-refractivity contribution in [2.45, 2.75) is 6.54 Å². The number of halogens is 3. The first-order valence-corrected chi connectivity index (χ1v) is 8.85. The number of nitrogens with zero attached hydrogens (tertiary/aromatic N) is 2. The van der Waals surface area contributed by atoms with E-state index in [9.17, 15) is 0 Å². The van der Waals surface area contributed by atoms with Gasteiger partial charge in [0.05, 0.1) is 17.3 Å². The lowest BCUT2D eigenvalue weighted by atomic mass is 10.2. The molecule has 1 heterocycles. The van der Waals surface area contributed by atoms with Gasteiger partial charge in [-0.15, -0.1) is 0 Å². The second-order valence-electron chi connectivity index (χ2n) is 5.21. The Morgan fingerprint density at radius 2 is 1.76 bits per heavy atom. The van der Waals surface area contributed by atoms with Gasteiger partial charge in [-0.2, -0.15) is 5.10 Å². The van der Waals surface area contributed by atoms with Crippen molar-refractivity contribution in [3.05, 3.63) is 75.4 Å². The van der Waals surface area contributed by atoms with Crippen molar-refractivity contribution in [2.24, 2.45) is 0 Å². The third-order valence-electron chi connectivity index (χ3n) is 3.31. The summed E-state index contributed by atoms with van der Waals surface area (Å²) in [4.78, 5) is 0. The predicted molar refractivity (Wildman–Crippen MR) is 109 cm³/mol. The Labute approximate surface area is 165 Å². The Morgan fingerprint density at radius 3 is 2.52 bits per heavy atom. The molecule has 128 valence electrons. The molecule has 0 saturated heterocycles. The van der Waals surface area contributed by atoms with E-state index in [2.05, 4.69) is 15.7 Å². The van der Waals surface area contributed by atoms with Crippen LogP contribution in [-0.4, -0.2) is 14.9 Å². The van der Waals surface area contributed by atoms with Crippen molar-refractivity contribution in [1.29, 1.82) is 0 Å². The first-order chi connectivity index (χ1) is 12.0. The van der Waals surface area contributed by atoms with Gasteiger partial charge in [-0.05, 0) is 36.0 Å². The van der Waals surface area contributed by atoms with Gasteiger partial charge in [-0.1, -0.05) is 65.1 Å². The van der Waals surface area contributed by atoms with Crippen LogP contribution in [0.5, 0.6) is 0 Å². The van der Waals surface area contributed by atoms with Gasteiger partial charge >= 0.3 is 0 Å². The van der Waals surface area contributed by atoms with E-state index in [-0.39, 0.29) is 0 Å². The highest BCUT2D eigenvalue weighted by atomic mass is 35.5. The smallest absolute Gasteiger partial charge is 0.176 e. The Bertz CT molecular complexity index is 896. The zero-order chi connectivity index (χ0) is 17.8. The summed E-state index contributed by atoms with van der Waals surface area (Å²) in [6.45, 7) is 0.614. The monoisotopic (exact) mass is 410 g/mol. The fourth-order valence-electron chi connectivity index (χ4n) is 2.19. The summed E-state index contributed by atoms with van der Waals surface area (Å²) in [6, 6.07) is 15.1. The van der Waals surface area contributed by atoms with Crippen LogP contribution in [0.1, 0.15) is 5.56 Å². The number of thiocarbonyl (C=S) groups is 1. The van der Waals surface area contributed by atoms with Crippen LogP contribution >= 0.6 is 47.0 Å². The van der Waals surface area contributed by atoms with E-state index in [0.717, 1.165) is 5.56 Å². The molecule has 1 aromatic heterocycles. The van der Waals surface area contributed by atoms with E-state index >= 15 is 0 Å². The molecule has 0 atom stereocenters. The van der Waals surface area contributed by atoms with Gasteiger partial charge in [0, 0.05) is 11.2 Å². The van der Waals surface area contributed by atoms with Gasteiger partial charge < -0.3 is 10.6 Å². The number of anilines is 2. The maximum absolute atomic E-state index is 6.23. The quantitative estimate of drug-likeness (QED) is 0.540. The fourth-order valence-corrected chi connectivity index (χ4v) is 2.93. The van der Waals surface area contributed by atoms with Crippen molar-refractivity contribution in [2.75, 3.05) is 10.6 Å². The van der Waals surface area contributed by atoms with Crippen LogP contribution < -0.4 is 10.6 Å². The minimum absolute atomic E-state index is 0.316. The molecule has 3 aromatic rings. The highest BCUT2D eigenvalue weighted by Crippen LogP contribution is 2.26. The molecule has 0 aliphatic rings. The zero-order valence-electron chi connectivity index (χ0n) is 12.8. The van der Waals surface area contributed by atoms with Crippen molar-refractivity contribution in [3.63, 3.8) is 0 Å². The fraction of sp³-hybridized carbons (Fsp3) is 0.0588.